The summed E-state index contributed by atoms with van der Waals surface area (Å²) in [5.41, 5.74) is 0.572. The molecule has 1 aromatic rings. The van der Waals surface area contributed by atoms with Crippen molar-refractivity contribution in [1.29, 1.82) is 0 Å². The van der Waals surface area contributed by atoms with Gasteiger partial charge < -0.3 is 5.11 Å². The van der Waals surface area contributed by atoms with Crippen molar-refractivity contribution in [2.45, 2.75) is 46.2 Å². The number of phenolic OH excluding ortho intramolecular Hbond substituents is 1. The summed E-state index contributed by atoms with van der Waals surface area (Å²) in [6, 6.07) is 2.96. The lowest BCUT2D eigenvalue weighted by Crippen LogP contribution is -2.29. The fraction of sp³-hybridized carbons (Fsp3) is 0.562. The highest BCUT2D eigenvalue weighted by Crippen LogP contribution is 2.32. The zero-order chi connectivity index (χ0) is 14.9. The summed E-state index contributed by atoms with van der Waals surface area (Å²) in [5.74, 6) is -0.347. The van der Waals surface area contributed by atoms with Crippen LogP contribution >= 0.6 is 0 Å². The Kier molecular flexibility index (Phi) is 4.43. The van der Waals surface area contributed by atoms with Crippen LogP contribution in [0.5, 0.6) is 5.75 Å². The van der Waals surface area contributed by atoms with E-state index in [1.807, 2.05) is 0 Å². The Morgan fingerprint density at radius 2 is 2.10 bits per heavy atom. The number of benzene rings is 1. The first-order valence-corrected chi connectivity index (χ1v) is 7.15. The summed E-state index contributed by atoms with van der Waals surface area (Å²) in [6.45, 7) is 7.03. The van der Waals surface area contributed by atoms with Crippen LogP contribution in [0, 0.1) is 11.7 Å². The molecule has 1 aliphatic rings. The van der Waals surface area contributed by atoms with Gasteiger partial charge >= 0.3 is 0 Å². The van der Waals surface area contributed by atoms with E-state index in [-0.39, 0.29) is 17.1 Å². The van der Waals surface area contributed by atoms with Gasteiger partial charge in [0.05, 0.1) is 5.56 Å². The number of nitrogens with zero attached hydrogens (tertiary/aromatic N) is 1. The van der Waals surface area contributed by atoms with Crippen LogP contribution in [0.25, 0.3) is 0 Å². The first-order valence-electron chi connectivity index (χ1n) is 7.15. The SMILES string of the molecule is CC(=O)c1cc(F)cc(CN(CC(C)C)C2CC2)c1O. The largest absolute Gasteiger partial charge is 0.507 e. The maximum absolute atomic E-state index is 13.6. The minimum absolute atomic E-state index is 0.0697. The summed E-state index contributed by atoms with van der Waals surface area (Å²) < 4.78 is 13.6. The normalized spacial score (nSPS) is 15.1. The predicted octanol–water partition coefficient (Wildman–Crippen LogP) is 3.35. The fourth-order valence-corrected chi connectivity index (χ4v) is 2.51. The summed E-state index contributed by atoms with van der Waals surface area (Å²) in [6.07, 6.45) is 2.31. The molecule has 3 nitrogen and oxygen atoms in total. The molecular weight excluding hydrogens is 257 g/mol. The van der Waals surface area contributed by atoms with Gasteiger partial charge in [0.15, 0.2) is 5.78 Å². The van der Waals surface area contributed by atoms with E-state index in [2.05, 4.69) is 18.7 Å². The van der Waals surface area contributed by atoms with Crippen LogP contribution < -0.4 is 0 Å². The molecule has 0 atom stereocenters. The summed E-state index contributed by atoms with van der Waals surface area (Å²) in [4.78, 5) is 13.7. The Labute approximate surface area is 119 Å². The second-order valence-electron chi connectivity index (χ2n) is 6.07. The smallest absolute Gasteiger partial charge is 0.163 e. The monoisotopic (exact) mass is 279 g/mol. The third-order valence-electron chi connectivity index (χ3n) is 3.57. The highest BCUT2D eigenvalue weighted by Gasteiger charge is 2.30. The molecule has 0 amide bonds. The number of phenols is 1. The topological polar surface area (TPSA) is 40.5 Å². The zero-order valence-electron chi connectivity index (χ0n) is 12.3. The molecule has 1 aromatic carbocycles. The lowest BCUT2D eigenvalue weighted by molar-refractivity contribution is 0.101. The average Bonchev–Trinajstić information content (AvgIpc) is 3.15. The van der Waals surface area contributed by atoms with Gasteiger partial charge in [-0.05, 0) is 37.8 Å². The van der Waals surface area contributed by atoms with Gasteiger partial charge in [0.2, 0.25) is 0 Å². The molecule has 4 heteroatoms. The molecule has 0 aromatic heterocycles. The van der Waals surface area contributed by atoms with Crippen molar-refractivity contribution in [3.8, 4) is 5.75 Å². The fourth-order valence-electron chi connectivity index (χ4n) is 2.51. The number of hydrogen-bond acceptors (Lipinski definition) is 3. The summed E-state index contributed by atoms with van der Waals surface area (Å²) in [5, 5.41) is 10.2. The van der Waals surface area contributed by atoms with Crippen LogP contribution in [0.1, 0.15) is 49.5 Å². The van der Waals surface area contributed by atoms with E-state index in [0.717, 1.165) is 25.5 Å². The minimum Gasteiger partial charge on any atom is -0.507 e. The molecule has 0 bridgehead atoms. The van der Waals surface area contributed by atoms with Gasteiger partial charge in [0.25, 0.3) is 0 Å². The van der Waals surface area contributed by atoms with Crippen LogP contribution in [0.4, 0.5) is 4.39 Å². The highest BCUT2D eigenvalue weighted by molar-refractivity contribution is 5.97. The number of Topliss-reactive ketones (excluding diaryl/α,β-unsaturated/α-hetero) is 1. The lowest BCUT2D eigenvalue weighted by Gasteiger charge is -2.24. The average molecular weight is 279 g/mol. The molecule has 110 valence electrons. The van der Waals surface area contributed by atoms with E-state index in [1.165, 1.54) is 13.0 Å². The van der Waals surface area contributed by atoms with Crippen LogP contribution in [0.3, 0.4) is 0 Å². The van der Waals surface area contributed by atoms with E-state index in [0.29, 0.717) is 24.1 Å². The van der Waals surface area contributed by atoms with Gasteiger partial charge in [-0.3, -0.25) is 9.69 Å². The quantitative estimate of drug-likeness (QED) is 0.812. The van der Waals surface area contributed by atoms with E-state index >= 15 is 0 Å². The Bertz CT molecular complexity index is 509. The Morgan fingerprint density at radius 3 is 2.60 bits per heavy atom. The van der Waals surface area contributed by atoms with Crippen molar-refractivity contribution >= 4 is 5.78 Å². The van der Waals surface area contributed by atoms with Gasteiger partial charge in [-0.1, -0.05) is 13.8 Å². The Balaban J connectivity index is 2.25. The lowest BCUT2D eigenvalue weighted by atomic mass is 10.0. The minimum atomic E-state index is -0.469. The summed E-state index contributed by atoms with van der Waals surface area (Å²) >= 11 is 0. The molecule has 0 saturated heterocycles. The predicted molar refractivity (Wildman–Crippen MR) is 76.3 cm³/mol. The third kappa shape index (κ3) is 3.57. The van der Waals surface area contributed by atoms with Crippen LogP contribution in [0.15, 0.2) is 12.1 Å². The number of hydrogen-bond donors (Lipinski definition) is 1. The van der Waals surface area contributed by atoms with Crippen LogP contribution in [0.2, 0.25) is 0 Å². The number of carbonyl (C=O) groups is 1. The van der Waals surface area contributed by atoms with E-state index in [4.69, 9.17) is 0 Å². The van der Waals surface area contributed by atoms with Crippen molar-refractivity contribution in [1.82, 2.24) is 4.90 Å². The molecule has 0 heterocycles. The first-order chi connectivity index (χ1) is 9.38. The molecule has 20 heavy (non-hydrogen) atoms. The molecule has 0 spiro atoms. The Morgan fingerprint density at radius 1 is 1.45 bits per heavy atom. The van der Waals surface area contributed by atoms with Gasteiger partial charge in [0.1, 0.15) is 11.6 Å². The number of ketones is 1. The van der Waals surface area contributed by atoms with E-state index in [9.17, 15) is 14.3 Å². The third-order valence-corrected chi connectivity index (χ3v) is 3.57. The van der Waals surface area contributed by atoms with Crippen molar-refractivity contribution in [3.63, 3.8) is 0 Å². The Hall–Kier alpha value is -1.42. The maximum Gasteiger partial charge on any atom is 0.163 e. The van der Waals surface area contributed by atoms with Gasteiger partial charge in [-0.2, -0.15) is 0 Å². The highest BCUT2D eigenvalue weighted by atomic mass is 19.1. The second kappa shape index (κ2) is 5.92. The molecule has 1 fully saturated rings. The van der Waals surface area contributed by atoms with Crippen molar-refractivity contribution < 1.29 is 14.3 Å². The summed E-state index contributed by atoms with van der Waals surface area (Å²) in [7, 11) is 0. The van der Waals surface area contributed by atoms with Crippen molar-refractivity contribution in [3.05, 3.63) is 29.1 Å². The second-order valence-corrected chi connectivity index (χ2v) is 6.07. The molecule has 1 N–H and O–H groups in total. The molecule has 0 unspecified atom stereocenters. The van der Waals surface area contributed by atoms with E-state index in [1.54, 1.807) is 0 Å². The van der Waals surface area contributed by atoms with Gasteiger partial charge in [-0.25, -0.2) is 4.39 Å². The number of carbonyl (C=O) groups excluding carboxylic acids is 1. The molecule has 2 rings (SSSR count). The maximum atomic E-state index is 13.6. The van der Waals surface area contributed by atoms with Crippen molar-refractivity contribution in [2.24, 2.45) is 5.92 Å². The van der Waals surface area contributed by atoms with E-state index < -0.39 is 5.82 Å². The first kappa shape index (κ1) is 15.0. The van der Waals surface area contributed by atoms with Gasteiger partial charge in [0, 0.05) is 24.7 Å². The number of halogens is 1. The number of aromatic hydroxyl groups is 1. The van der Waals surface area contributed by atoms with Gasteiger partial charge in [-0.15, -0.1) is 0 Å². The zero-order valence-corrected chi connectivity index (χ0v) is 12.3. The molecule has 0 aliphatic heterocycles. The molecular formula is C16H22FNO2. The standard InChI is InChI=1S/C16H22FNO2/c1-10(2)8-18(14-4-5-14)9-12-6-13(17)7-15(11(3)19)16(12)20/h6-7,10,14,20H,4-5,8-9H2,1-3H3. The molecule has 1 saturated carbocycles. The number of rotatable bonds is 6. The van der Waals surface area contributed by atoms with Crippen LogP contribution in [-0.4, -0.2) is 28.4 Å². The van der Waals surface area contributed by atoms with Crippen LogP contribution in [-0.2, 0) is 6.54 Å². The molecule has 0 radical (unpaired) electrons. The molecule has 1 aliphatic carbocycles. The van der Waals surface area contributed by atoms with Crippen molar-refractivity contribution in [2.75, 3.05) is 6.54 Å².